The van der Waals surface area contributed by atoms with Crippen LogP contribution in [0.5, 0.6) is 0 Å². The van der Waals surface area contributed by atoms with Crippen LogP contribution in [0.2, 0.25) is 0 Å². The Morgan fingerprint density at radius 3 is 2.48 bits per heavy atom. The molecule has 0 saturated carbocycles. The number of carbonyl (C=O) groups is 2. The van der Waals surface area contributed by atoms with Gasteiger partial charge in [-0.2, -0.15) is 0 Å². The van der Waals surface area contributed by atoms with Crippen molar-refractivity contribution in [2.45, 2.75) is 32.2 Å². The Morgan fingerprint density at radius 1 is 1.11 bits per heavy atom. The first kappa shape index (κ1) is 19.1. The summed E-state index contributed by atoms with van der Waals surface area (Å²) >= 11 is 0. The third-order valence-electron chi connectivity index (χ3n) is 5.10. The summed E-state index contributed by atoms with van der Waals surface area (Å²) in [5.74, 6) is -0.414. The molecule has 1 heterocycles. The minimum Gasteiger partial charge on any atom is -0.341 e. The second-order valence-electron chi connectivity index (χ2n) is 7.16. The Morgan fingerprint density at radius 2 is 1.81 bits per heavy atom. The van der Waals surface area contributed by atoms with Crippen LogP contribution >= 0.6 is 0 Å². The van der Waals surface area contributed by atoms with Crippen LogP contribution in [0.1, 0.15) is 35.7 Å². The van der Waals surface area contributed by atoms with Crippen molar-refractivity contribution >= 4 is 11.8 Å². The molecular weight excluding hydrogens is 343 g/mol. The lowest BCUT2D eigenvalue weighted by Crippen LogP contribution is -2.49. The van der Waals surface area contributed by atoms with Crippen molar-refractivity contribution < 1.29 is 14.0 Å². The van der Waals surface area contributed by atoms with Crippen LogP contribution in [0, 0.1) is 11.7 Å². The SMILES string of the molecule is C[C@H](NC(=O)c1cccc(F)c1)C(=O)N1CCC(Cc2ccccc2)CC1. The number of amides is 2. The smallest absolute Gasteiger partial charge is 0.252 e. The highest BCUT2D eigenvalue weighted by molar-refractivity contribution is 5.97. The quantitative estimate of drug-likeness (QED) is 0.879. The zero-order valence-corrected chi connectivity index (χ0v) is 15.5. The molecule has 1 fully saturated rings. The molecule has 0 aromatic heterocycles. The van der Waals surface area contributed by atoms with E-state index in [4.69, 9.17) is 0 Å². The van der Waals surface area contributed by atoms with Crippen molar-refractivity contribution in [1.29, 1.82) is 0 Å². The summed E-state index contributed by atoms with van der Waals surface area (Å²) in [5, 5.41) is 2.67. The fourth-order valence-electron chi connectivity index (χ4n) is 3.55. The van der Waals surface area contributed by atoms with Crippen LogP contribution in [0.3, 0.4) is 0 Å². The van der Waals surface area contributed by atoms with E-state index in [2.05, 4.69) is 29.6 Å². The highest BCUT2D eigenvalue weighted by atomic mass is 19.1. The second kappa shape index (κ2) is 8.80. The molecule has 0 unspecified atom stereocenters. The van der Waals surface area contributed by atoms with E-state index in [0.717, 1.165) is 19.3 Å². The van der Waals surface area contributed by atoms with Crippen molar-refractivity contribution in [1.82, 2.24) is 10.2 Å². The minimum absolute atomic E-state index is 0.0853. The molecule has 1 aliphatic heterocycles. The number of hydrogen-bond donors (Lipinski definition) is 1. The van der Waals surface area contributed by atoms with E-state index in [0.29, 0.717) is 19.0 Å². The Labute approximate surface area is 159 Å². The van der Waals surface area contributed by atoms with Gasteiger partial charge in [0.05, 0.1) is 0 Å². The fourth-order valence-corrected chi connectivity index (χ4v) is 3.55. The van der Waals surface area contributed by atoms with Gasteiger partial charge >= 0.3 is 0 Å². The third kappa shape index (κ3) is 5.16. The number of likely N-dealkylation sites (tertiary alicyclic amines) is 1. The van der Waals surface area contributed by atoms with E-state index in [1.165, 1.54) is 29.8 Å². The van der Waals surface area contributed by atoms with Crippen molar-refractivity contribution in [3.8, 4) is 0 Å². The molecule has 27 heavy (non-hydrogen) atoms. The normalized spacial score (nSPS) is 16.0. The van der Waals surface area contributed by atoms with E-state index in [1.54, 1.807) is 6.92 Å². The molecule has 2 amide bonds. The molecule has 2 aromatic carbocycles. The number of carbonyl (C=O) groups excluding carboxylic acids is 2. The summed E-state index contributed by atoms with van der Waals surface area (Å²) < 4.78 is 13.3. The Kier molecular flexibility index (Phi) is 6.22. The van der Waals surface area contributed by atoms with Crippen molar-refractivity contribution in [3.63, 3.8) is 0 Å². The molecule has 2 aromatic rings. The summed E-state index contributed by atoms with van der Waals surface area (Å²) in [4.78, 5) is 26.7. The number of nitrogens with one attached hydrogen (secondary N) is 1. The minimum atomic E-state index is -0.633. The average Bonchev–Trinajstić information content (AvgIpc) is 2.69. The van der Waals surface area contributed by atoms with Crippen LogP contribution in [0.15, 0.2) is 54.6 Å². The maximum Gasteiger partial charge on any atom is 0.252 e. The first-order valence-corrected chi connectivity index (χ1v) is 9.42. The zero-order valence-electron chi connectivity index (χ0n) is 15.5. The van der Waals surface area contributed by atoms with E-state index in [-0.39, 0.29) is 11.5 Å². The van der Waals surface area contributed by atoms with Gasteiger partial charge in [-0.25, -0.2) is 4.39 Å². The van der Waals surface area contributed by atoms with E-state index < -0.39 is 17.8 Å². The van der Waals surface area contributed by atoms with E-state index >= 15 is 0 Å². The Hall–Kier alpha value is -2.69. The number of nitrogens with zero attached hydrogens (tertiary/aromatic N) is 1. The van der Waals surface area contributed by atoms with Gasteiger partial charge in [0.25, 0.3) is 5.91 Å². The molecule has 142 valence electrons. The highest BCUT2D eigenvalue weighted by Gasteiger charge is 2.27. The lowest BCUT2D eigenvalue weighted by atomic mass is 9.90. The van der Waals surface area contributed by atoms with Gasteiger partial charge in [0, 0.05) is 18.7 Å². The summed E-state index contributed by atoms with van der Waals surface area (Å²) in [7, 11) is 0. The van der Waals surface area contributed by atoms with Gasteiger partial charge < -0.3 is 10.2 Å². The number of hydrogen-bond acceptors (Lipinski definition) is 2. The van der Waals surface area contributed by atoms with Gasteiger partial charge in [0.2, 0.25) is 5.91 Å². The molecule has 0 aliphatic carbocycles. The molecule has 1 saturated heterocycles. The number of piperidine rings is 1. The maximum absolute atomic E-state index is 13.3. The van der Waals surface area contributed by atoms with Gasteiger partial charge in [-0.05, 0) is 55.9 Å². The molecule has 1 N–H and O–H groups in total. The Bertz CT molecular complexity index is 786. The van der Waals surface area contributed by atoms with E-state index in [9.17, 15) is 14.0 Å². The van der Waals surface area contributed by atoms with Crippen LogP contribution in [0.25, 0.3) is 0 Å². The van der Waals surface area contributed by atoms with Crippen LogP contribution < -0.4 is 5.32 Å². The highest BCUT2D eigenvalue weighted by Crippen LogP contribution is 2.22. The van der Waals surface area contributed by atoms with Gasteiger partial charge in [-0.1, -0.05) is 36.4 Å². The molecule has 0 bridgehead atoms. The third-order valence-corrected chi connectivity index (χ3v) is 5.10. The van der Waals surface area contributed by atoms with E-state index in [1.807, 2.05) is 11.0 Å². The summed E-state index contributed by atoms with van der Waals surface area (Å²) in [6, 6.07) is 15.2. The molecule has 4 nitrogen and oxygen atoms in total. The standard InChI is InChI=1S/C22H25FN2O2/c1-16(24-21(26)19-8-5-9-20(23)15-19)22(27)25-12-10-18(11-13-25)14-17-6-3-2-4-7-17/h2-9,15-16,18H,10-14H2,1H3,(H,24,26)/t16-/m0/s1. The van der Waals surface area contributed by atoms with Gasteiger partial charge in [-0.3, -0.25) is 9.59 Å². The van der Waals surface area contributed by atoms with Gasteiger partial charge in [0.15, 0.2) is 0 Å². The van der Waals surface area contributed by atoms with Crippen molar-refractivity contribution in [3.05, 3.63) is 71.5 Å². The molecule has 0 radical (unpaired) electrons. The lowest BCUT2D eigenvalue weighted by molar-refractivity contribution is -0.134. The van der Waals surface area contributed by atoms with Crippen LogP contribution in [-0.2, 0) is 11.2 Å². The predicted molar refractivity (Wildman–Crippen MR) is 103 cm³/mol. The number of benzene rings is 2. The molecule has 3 rings (SSSR count). The lowest BCUT2D eigenvalue weighted by Gasteiger charge is -2.33. The zero-order chi connectivity index (χ0) is 19.2. The summed E-state index contributed by atoms with van der Waals surface area (Å²) in [6.07, 6.45) is 2.96. The van der Waals surface area contributed by atoms with Gasteiger partial charge in [0.1, 0.15) is 11.9 Å². The van der Waals surface area contributed by atoms with Crippen molar-refractivity contribution in [2.24, 2.45) is 5.92 Å². The summed E-state index contributed by atoms with van der Waals surface area (Å²) in [6.45, 7) is 3.09. The molecule has 5 heteroatoms. The largest absolute Gasteiger partial charge is 0.341 e. The first-order valence-electron chi connectivity index (χ1n) is 9.42. The summed E-state index contributed by atoms with van der Waals surface area (Å²) in [5.41, 5.74) is 1.55. The topological polar surface area (TPSA) is 49.4 Å². The maximum atomic E-state index is 13.3. The molecular formula is C22H25FN2O2. The monoisotopic (exact) mass is 368 g/mol. The number of rotatable bonds is 5. The molecule has 1 atom stereocenters. The average molecular weight is 368 g/mol. The van der Waals surface area contributed by atoms with Crippen molar-refractivity contribution in [2.75, 3.05) is 13.1 Å². The first-order chi connectivity index (χ1) is 13.0. The molecule has 0 spiro atoms. The second-order valence-corrected chi connectivity index (χ2v) is 7.16. The molecule has 1 aliphatic rings. The fraction of sp³-hybridized carbons (Fsp3) is 0.364. The predicted octanol–water partition coefficient (Wildman–Crippen LogP) is 3.43. The van der Waals surface area contributed by atoms with Crippen LogP contribution in [0.4, 0.5) is 4.39 Å². The Balaban J connectivity index is 1.49. The van der Waals surface area contributed by atoms with Crippen LogP contribution in [-0.4, -0.2) is 35.8 Å². The van der Waals surface area contributed by atoms with Gasteiger partial charge in [-0.15, -0.1) is 0 Å². The number of halogens is 1.